The molecule has 0 spiro atoms. The van der Waals surface area contributed by atoms with Crippen LogP contribution in [0.1, 0.15) is 5.56 Å². The molecular formula is C13H17N3S. The van der Waals surface area contributed by atoms with Gasteiger partial charge in [0.25, 0.3) is 0 Å². The first-order valence-corrected chi connectivity index (χ1v) is 5.04. The van der Waals surface area contributed by atoms with Crippen LogP contribution in [0.25, 0.3) is 0 Å². The molecule has 1 aromatic carbocycles. The normalized spacial score (nSPS) is 12.5. The van der Waals surface area contributed by atoms with Gasteiger partial charge in [-0.3, -0.25) is 0 Å². The van der Waals surface area contributed by atoms with Crippen molar-refractivity contribution in [2.75, 3.05) is 6.54 Å². The first-order chi connectivity index (χ1) is 7.72. The first-order valence-electron chi connectivity index (χ1n) is 5.04. The van der Waals surface area contributed by atoms with E-state index in [0.717, 1.165) is 0 Å². The van der Waals surface area contributed by atoms with Gasteiger partial charge in [0, 0.05) is 6.20 Å². The lowest BCUT2D eigenvalue weighted by Gasteiger charge is -2.13. The topological polar surface area (TPSA) is 53.0 Å². The van der Waals surface area contributed by atoms with Crippen molar-refractivity contribution >= 4 is 13.5 Å². The summed E-state index contributed by atoms with van der Waals surface area (Å²) < 4.78 is 0. The molecular weight excluding hydrogens is 230 g/mol. The number of nitrogens with zero attached hydrogens (tertiary/aromatic N) is 2. The van der Waals surface area contributed by atoms with Gasteiger partial charge in [-0.2, -0.15) is 18.8 Å². The van der Waals surface area contributed by atoms with Gasteiger partial charge >= 0.3 is 0 Å². The molecule has 17 heavy (non-hydrogen) atoms. The van der Waals surface area contributed by atoms with E-state index in [1.54, 1.807) is 18.4 Å². The molecule has 0 aliphatic carbocycles. The number of nitrogens with two attached hydrogens (primary N) is 1. The van der Waals surface area contributed by atoms with E-state index in [-0.39, 0.29) is 13.5 Å². The molecule has 0 bridgehead atoms. The summed E-state index contributed by atoms with van der Waals surface area (Å²) in [4.78, 5) is 0. The molecule has 0 radical (unpaired) electrons. The van der Waals surface area contributed by atoms with Crippen LogP contribution in [0.2, 0.25) is 0 Å². The first kappa shape index (κ1) is 15.3. The van der Waals surface area contributed by atoms with Crippen molar-refractivity contribution in [2.45, 2.75) is 6.92 Å². The number of aryl methyl sites for hydroxylation is 1. The van der Waals surface area contributed by atoms with Crippen LogP contribution in [0.4, 0.5) is 0 Å². The summed E-state index contributed by atoms with van der Waals surface area (Å²) in [5.74, 6) is 5.34. The second-order valence-corrected chi connectivity index (χ2v) is 3.44. The standard InChI is InChI=1S/C7H8.C6H7N3.H2S/c1-7-5-3-2-4-6-7;7-5-6-1-3-9(8)4-2-6;/h2-6H,1H3;1-3H,4,8H2;1H2. The highest BCUT2D eigenvalue weighted by Gasteiger charge is 1.97. The van der Waals surface area contributed by atoms with Crippen molar-refractivity contribution in [3.63, 3.8) is 0 Å². The van der Waals surface area contributed by atoms with Crippen LogP contribution in [0.5, 0.6) is 0 Å². The highest BCUT2D eigenvalue weighted by atomic mass is 32.1. The maximum atomic E-state index is 8.35. The fourth-order valence-corrected chi connectivity index (χ4v) is 1.13. The van der Waals surface area contributed by atoms with Crippen LogP contribution in [0, 0.1) is 18.3 Å². The van der Waals surface area contributed by atoms with Crippen molar-refractivity contribution in [3.05, 3.63) is 59.8 Å². The fourth-order valence-electron chi connectivity index (χ4n) is 1.13. The van der Waals surface area contributed by atoms with Crippen LogP contribution in [0.3, 0.4) is 0 Å². The van der Waals surface area contributed by atoms with E-state index in [9.17, 15) is 0 Å². The lowest BCUT2D eigenvalue weighted by molar-refractivity contribution is 0.433. The lowest BCUT2D eigenvalue weighted by Crippen LogP contribution is -2.26. The Hall–Kier alpha value is -1.70. The van der Waals surface area contributed by atoms with Crippen molar-refractivity contribution < 1.29 is 0 Å². The molecule has 2 rings (SSSR count). The molecule has 0 saturated heterocycles. The summed E-state index contributed by atoms with van der Waals surface area (Å²) in [7, 11) is 0. The van der Waals surface area contributed by atoms with Crippen LogP contribution in [-0.4, -0.2) is 11.6 Å². The number of hydrogen-bond acceptors (Lipinski definition) is 3. The molecule has 0 unspecified atom stereocenters. The Morgan fingerprint density at radius 2 is 1.94 bits per heavy atom. The predicted octanol–water partition coefficient (Wildman–Crippen LogP) is 2.25. The van der Waals surface area contributed by atoms with Gasteiger partial charge in [0.1, 0.15) is 0 Å². The van der Waals surface area contributed by atoms with Gasteiger partial charge in [-0.1, -0.05) is 35.9 Å². The van der Waals surface area contributed by atoms with Crippen molar-refractivity contribution in [2.24, 2.45) is 5.84 Å². The van der Waals surface area contributed by atoms with Gasteiger partial charge < -0.3 is 5.01 Å². The maximum absolute atomic E-state index is 8.35. The summed E-state index contributed by atoms with van der Waals surface area (Å²) in [6.07, 6.45) is 5.14. The van der Waals surface area contributed by atoms with Gasteiger partial charge in [-0.15, -0.1) is 0 Å². The molecule has 0 fully saturated rings. The average Bonchev–Trinajstić information content (AvgIpc) is 2.32. The predicted molar refractivity (Wildman–Crippen MR) is 75.3 cm³/mol. The summed E-state index contributed by atoms with van der Waals surface area (Å²) in [6, 6.07) is 12.3. The van der Waals surface area contributed by atoms with Crippen LogP contribution in [0.15, 0.2) is 54.3 Å². The quantitative estimate of drug-likeness (QED) is 0.715. The summed E-state index contributed by atoms with van der Waals surface area (Å²) in [5.41, 5.74) is 2.00. The van der Waals surface area contributed by atoms with E-state index in [1.165, 1.54) is 10.6 Å². The zero-order valence-electron chi connectivity index (χ0n) is 9.80. The molecule has 1 aliphatic rings. The maximum Gasteiger partial charge on any atom is 0.0989 e. The minimum absolute atomic E-state index is 0. The number of benzene rings is 1. The SMILES string of the molecule is Cc1ccccc1.N#CC1=CCN(N)C=C1.S. The Balaban J connectivity index is 0.000000292. The smallest absolute Gasteiger partial charge is 0.0989 e. The number of allylic oxidation sites excluding steroid dienone is 2. The van der Waals surface area contributed by atoms with Gasteiger partial charge in [-0.25, -0.2) is 5.84 Å². The molecule has 90 valence electrons. The van der Waals surface area contributed by atoms with Gasteiger partial charge in [-0.05, 0) is 19.1 Å². The third-order valence-corrected chi connectivity index (χ3v) is 2.04. The molecule has 0 atom stereocenters. The fraction of sp³-hybridized carbons (Fsp3) is 0.154. The lowest BCUT2D eigenvalue weighted by atomic mass is 10.2. The molecule has 2 N–H and O–H groups in total. The van der Waals surface area contributed by atoms with Crippen LogP contribution >= 0.6 is 13.5 Å². The molecule has 0 aromatic heterocycles. The van der Waals surface area contributed by atoms with Crippen molar-refractivity contribution in [1.82, 2.24) is 5.01 Å². The van der Waals surface area contributed by atoms with E-state index in [4.69, 9.17) is 11.1 Å². The summed E-state index contributed by atoms with van der Waals surface area (Å²) in [6.45, 7) is 2.71. The zero-order chi connectivity index (χ0) is 11.8. The van der Waals surface area contributed by atoms with Gasteiger partial charge in [0.15, 0.2) is 0 Å². The third-order valence-electron chi connectivity index (χ3n) is 2.04. The minimum atomic E-state index is 0. The molecule has 1 heterocycles. The van der Waals surface area contributed by atoms with Gasteiger partial charge in [0.05, 0.1) is 18.2 Å². The molecule has 0 saturated carbocycles. The van der Waals surface area contributed by atoms with E-state index >= 15 is 0 Å². The average molecular weight is 247 g/mol. The number of hydrogen-bond donors (Lipinski definition) is 1. The van der Waals surface area contributed by atoms with Gasteiger partial charge in [0.2, 0.25) is 0 Å². The highest BCUT2D eigenvalue weighted by molar-refractivity contribution is 7.59. The Morgan fingerprint density at radius 1 is 1.29 bits per heavy atom. The highest BCUT2D eigenvalue weighted by Crippen LogP contribution is 2.00. The Labute approximate surface area is 109 Å². The second kappa shape index (κ2) is 8.45. The molecule has 4 heteroatoms. The molecule has 3 nitrogen and oxygen atoms in total. The number of nitriles is 1. The van der Waals surface area contributed by atoms with E-state index in [2.05, 4.69) is 19.1 Å². The summed E-state index contributed by atoms with van der Waals surface area (Å²) in [5, 5.41) is 9.86. The van der Waals surface area contributed by atoms with Crippen molar-refractivity contribution in [1.29, 1.82) is 5.26 Å². The largest absolute Gasteiger partial charge is 0.314 e. The number of rotatable bonds is 0. The van der Waals surface area contributed by atoms with E-state index in [1.807, 2.05) is 24.3 Å². The monoisotopic (exact) mass is 247 g/mol. The Morgan fingerprint density at radius 3 is 2.29 bits per heavy atom. The Kier molecular flexibility index (Phi) is 7.61. The van der Waals surface area contributed by atoms with E-state index < -0.39 is 0 Å². The number of hydrazine groups is 1. The molecule has 1 aromatic rings. The zero-order valence-corrected chi connectivity index (χ0v) is 10.8. The third kappa shape index (κ3) is 6.46. The summed E-state index contributed by atoms with van der Waals surface area (Å²) >= 11 is 0. The van der Waals surface area contributed by atoms with Crippen molar-refractivity contribution in [3.8, 4) is 6.07 Å². The van der Waals surface area contributed by atoms with Crippen LogP contribution < -0.4 is 5.84 Å². The van der Waals surface area contributed by atoms with Crippen LogP contribution in [-0.2, 0) is 0 Å². The Bertz CT molecular complexity index is 418. The minimum Gasteiger partial charge on any atom is -0.314 e. The second-order valence-electron chi connectivity index (χ2n) is 3.44. The molecule has 1 aliphatic heterocycles. The molecule has 0 amide bonds. The van der Waals surface area contributed by atoms with E-state index in [0.29, 0.717) is 12.1 Å².